The monoisotopic (exact) mass is 573 g/mol. The predicted octanol–water partition coefficient (Wildman–Crippen LogP) is 6.91. The van der Waals surface area contributed by atoms with Crippen molar-refractivity contribution in [1.29, 1.82) is 0 Å². The van der Waals surface area contributed by atoms with Crippen molar-refractivity contribution in [3.8, 4) is 5.75 Å². The Kier molecular flexibility index (Phi) is 10.7. The second-order valence-electron chi connectivity index (χ2n) is 12.1. The number of aryl methyl sites for hydroxylation is 2. The fourth-order valence-electron chi connectivity index (χ4n) is 4.29. The molecule has 40 heavy (non-hydrogen) atoms. The van der Waals surface area contributed by atoms with Crippen LogP contribution in [0.4, 0.5) is 10.5 Å². The summed E-state index contributed by atoms with van der Waals surface area (Å²) in [6, 6.07) is 8.05. The predicted molar refractivity (Wildman–Crippen MR) is 160 cm³/mol. The number of ether oxygens (including phenoxy) is 1. The third-order valence-corrected chi connectivity index (χ3v) is 7.19. The number of hydrogen-bond donors (Lipinski definition) is 3. The van der Waals surface area contributed by atoms with E-state index in [1.165, 1.54) is 11.0 Å². The zero-order chi connectivity index (χ0) is 30.6. The number of carbonyl (C=O) groups is 3. The molecular formula is C31H44ClN3O5. The summed E-state index contributed by atoms with van der Waals surface area (Å²) in [6.07, 6.45) is -0.205. The fraction of sp³-hybridized carbons (Fsp3) is 0.516. The van der Waals surface area contributed by atoms with Crippen molar-refractivity contribution >= 4 is 35.2 Å². The highest BCUT2D eigenvalue weighted by Gasteiger charge is 2.44. The number of carbonyl (C=O) groups excluding carboxylic acids is 3. The number of aromatic hydroxyl groups is 1. The normalized spacial score (nSPS) is 13.4. The van der Waals surface area contributed by atoms with Gasteiger partial charge in [-0.25, -0.2) is 4.79 Å². The zero-order valence-electron chi connectivity index (χ0n) is 25.3. The Hall–Kier alpha value is -3.26. The molecule has 0 bridgehead atoms. The standard InChI is InChI=1S/C31H44ClN3O5/c1-11-31(9,10)35(28(38)24(18(2)3)34-29(39)40-30(6,7)8)26(21-15-16-23(36)20(5)17-21)27(37)33-25-19(4)13-12-14-22(25)32/h12-18,24,26,36H,11H2,1-10H3,(H,33,37)(H,34,39). The summed E-state index contributed by atoms with van der Waals surface area (Å²) in [5, 5.41) is 16.3. The number of phenols is 1. The SMILES string of the molecule is CCC(C)(C)N(C(=O)C(NC(=O)OC(C)(C)C)C(C)C)C(C(=O)Nc1c(C)cccc1Cl)c1ccc(O)c(C)c1. The Morgan fingerprint density at radius 3 is 2.15 bits per heavy atom. The van der Waals surface area contributed by atoms with Gasteiger partial charge >= 0.3 is 6.09 Å². The van der Waals surface area contributed by atoms with E-state index in [1.807, 2.05) is 47.6 Å². The number of nitrogens with one attached hydrogen (secondary N) is 2. The molecule has 0 aromatic heterocycles. The van der Waals surface area contributed by atoms with Gasteiger partial charge in [0.1, 0.15) is 23.4 Å². The van der Waals surface area contributed by atoms with Crippen molar-refractivity contribution in [2.75, 3.05) is 5.32 Å². The number of amides is 3. The van der Waals surface area contributed by atoms with Crippen molar-refractivity contribution in [1.82, 2.24) is 10.2 Å². The minimum Gasteiger partial charge on any atom is -0.508 e. The second kappa shape index (κ2) is 12.9. The molecule has 0 radical (unpaired) electrons. The van der Waals surface area contributed by atoms with Crippen molar-refractivity contribution in [2.45, 2.75) is 98.9 Å². The number of phenolic OH excluding ortho intramolecular Hbond substituents is 1. The van der Waals surface area contributed by atoms with Crippen molar-refractivity contribution in [3.63, 3.8) is 0 Å². The Bertz CT molecular complexity index is 1220. The van der Waals surface area contributed by atoms with Gasteiger partial charge in [0.15, 0.2) is 0 Å². The highest BCUT2D eigenvalue weighted by molar-refractivity contribution is 6.34. The molecule has 2 unspecified atom stereocenters. The molecule has 0 aliphatic carbocycles. The highest BCUT2D eigenvalue weighted by atomic mass is 35.5. The molecule has 8 nitrogen and oxygen atoms in total. The smallest absolute Gasteiger partial charge is 0.408 e. The van der Waals surface area contributed by atoms with Crippen LogP contribution in [0.3, 0.4) is 0 Å². The number of para-hydroxylation sites is 1. The lowest BCUT2D eigenvalue weighted by Gasteiger charge is -2.45. The van der Waals surface area contributed by atoms with E-state index in [1.54, 1.807) is 52.0 Å². The molecular weight excluding hydrogens is 530 g/mol. The van der Waals surface area contributed by atoms with Crippen molar-refractivity contribution in [2.24, 2.45) is 5.92 Å². The molecule has 3 N–H and O–H groups in total. The molecule has 2 rings (SSSR count). The average molecular weight is 574 g/mol. The van der Waals surface area contributed by atoms with E-state index in [-0.39, 0.29) is 11.7 Å². The van der Waals surface area contributed by atoms with Crippen LogP contribution in [0, 0.1) is 19.8 Å². The first-order valence-electron chi connectivity index (χ1n) is 13.6. The van der Waals surface area contributed by atoms with Crippen molar-refractivity contribution < 1.29 is 24.2 Å². The molecule has 2 aromatic rings. The lowest BCUT2D eigenvalue weighted by Crippen LogP contribution is -2.60. The first-order valence-corrected chi connectivity index (χ1v) is 14.0. The summed E-state index contributed by atoms with van der Waals surface area (Å²) in [7, 11) is 0. The lowest BCUT2D eigenvalue weighted by molar-refractivity contribution is -0.148. The molecule has 2 aromatic carbocycles. The summed E-state index contributed by atoms with van der Waals surface area (Å²) in [6.45, 7) is 18.1. The van der Waals surface area contributed by atoms with Gasteiger partial charge in [-0.15, -0.1) is 0 Å². The average Bonchev–Trinajstić information content (AvgIpc) is 2.83. The minimum atomic E-state index is -1.11. The molecule has 9 heteroatoms. The molecule has 0 aliphatic rings. The van der Waals surface area contributed by atoms with E-state index in [9.17, 15) is 19.5 Å². The Morgan fingerprint density at radius 2 is 1.65 bits per heavy atom. The third-order valence-electron chi connectivity index (χ3n) is 6.87. The molecule has 0 saturated heterocycles. The molecule has 2 atom stereocenters. The third kappa shape index (κ3) is 8.13. The molecule has 0 aliphatic heterocycles. The van der Waals surface area contributed by atoms with Crippen LogP contribution in [0.25, 0.3) is 0 Å². The lowest BCUT2D eigenvalue weighted by atomic mass is 9.90. The number of alkyl carbamates (subject to hydrolysis) is 1. The molecule has 0 spiro atoms. The van der Waals surface area contributed by atoms with Gasteiger partial charge in [0.25, 0.3) is 5.91 Å². The summed E-state index contributed by atoms with van der Waals surface area (Å²) in [5.41, 5.74) is 0.703. The van der Waals surface area contributed by atoms with Crippen molar-refractivity contribution in [3.05, 3.63) is 58.1 Å². The molecule has 220 valence electrons. The van der Waals surface area contributed by atoms with Gasteiger partial charge in [-0.3, -0.25) is 9.59 Å². The van der Waals surface area contributed by atoms with E-state index < -0.39 is 41.1 Å². The van der Waals surface area contributed by atoms with E-state index in [4.69, 9.17) is 16.3 Å². The van der Waals surface area contributed by atoms with Gasteiger partial charge in [0, 0.05) is 5.54 Å². The minimum absolute atomic E-state index is 0.0733. The van der Waals surface area contributed by atoms with E-state index in [0.29, 0.717) is 28.3 Å². The van der Waals surface area contributed by atoms with Crippen LogP contribution in [0.2, 0.25) is 5.02 Å². The highest BCUT2D eigenvalue weighted by Crippen LogP contribution is 2.36. The van der Waals surface area contributed by atoms with Crippen LogP contribution < -0.4 is 10.6 Å². The maximum Gasteiger partial charge on any atom is 0.408 e. The van der Waals surface area contributed by atoms with Crippen LogP contribution in [0.1, 0.15) is 84.5 Å². The number of rotatable bonds is 9. The Labute approximate surface area is 243 Å². The Balaban J connectivity index is 2.71. The van der Waals surface area contributed by atoms with Gasteiger partial charge in [0.2, 0.25) is 5.91 Å². The summed E-state index contributed by atoms with van der Waals surface area (Å²) < 4.78 is 5.44. The van der Waals surface area contributed by atoms with Gasteiger partial charge in [-0.1, -0.05) is 50.6 Å². The maximum atomic E-state index is 14.4. The molecule has 3 amide bonds. The van der Waals surface area contributed by atoms with E-state index in [2.05, 4.69) is 10.6 Å². The summed E-state index contributed by atoms with van der Waals surface area (Å²) >= 11 is 6.44. The van der Waals surface area contributed by atoms with Crippen LogP contribution in [-0.4, -0.2) is 45.1 Å². The molecule has 0 saturated carbocycles. The second-order valence-corrected chi connectivity index (χ2v) is 12.5. The summed E-state index contributed by atoms with van der Waals surface area (Å²) in [5.74, 6) is -1.15. The van der Waals surface area contributed by atoms with Crippen LogP contribution in [0.5, 0.6) is 5.75 Å². The number of anilines is 1. The number of hydrogen-bond acceptors (Lipinski definition) is 5. The van der Waals surface area contributed by atoms with Crippen LogP contribution in [0.15, 0.2) is 36.4 Å². The van der Waals surface area contributed by atoms with Gasteiger partial charge in [0.05, 0.1) is 10.7 Å². The fourth-order valence-corrected chi connectivity index (χ4v) is 4.56. The van der Waals surface area contributed by atoms with Gasteiger partial charge in [-0.2, -0.15) is 0 Å². The van der Waals surface area contributed by atoms with Crippen LogP contribution in [-0.2, 0) is 14.3 Å². The van der Waals surface area contributed by atoms with Crippen LogP contribution >= 0.6 is 11.6 Å². The zero-order valence-corrected chi connectivity index (χ0v) is 26.1. The first-order chi connectivity index (χ1) is 18.4. The van der Waals surface area contributed by atoms with Gasteiger partial charge < -0.3 is 25.4 Å². The first kappa shape index (κ1) is 32.9. The molecule has 0 fully saturated rings. The number of halogens is 1. The largest absolute Gasteiger partial charge is 0.508 e. The number of benzene rings is 2. The number of nitrogens with zero attached hydrogens (tertiary/aromatic N) is 1. The van der Waals surface area contributed by atoms with E-state index in [0.717, 1.165) is 5.56 Å². The topological polar surface area (TPSA) is 108 Å². The van der Waals surface area contributed by atoms with Gasteiger partial charge in [-0.05, 0) is 95.7 Å². The molecule has 0 heterocycles. The maximum absolute atomic E-state index is 14.4. The quantitative estimate of drug-likeness (QED) is 0.302. The summed E-state index contributed by atoms with van der Waals surface area (Å²) in [4.78, 5) is 42.9. The van der Waals surface area contributed by atoms with E-state index >= 15 is 0 Å². The Morgan fingerprint density at radius 1 is 1.02 bits per heavy atom.